The van der Waals surface area contributed by atoms with E-state index in [0.29, 0.717) is 24.2 Å². The van der Waals surface area contributed by atoms with E-state index in [1.165, 1.54) is 17.0 Å². The molecule has 4 atom stereocenters. The molecule has 3 aromatic rings. The quantitative estimate of drug-likeness (QED) is 0.364. The second-order valence-electron chi connectivity index (χ2n) is 10.5. The number of anilines is 1. The highest BCUT2D eigenvalue weighted by molar-refractivity contribution is 5.93. The number of hydrogen-bond donors (Lipinski definition) is 3. The number of aromatic amines is 1. The van der Waals surface area contributed by atoms with Gasteiger partial charge in [0.15, 0.2) is 5.82 Å². The van der Waals surface area contributed by atoms with Crippen molar-refractivity contribution in [2.75, 3.05) is 18.4 Å². The number of likely N-dealkylation sites (tertiary alicyclic amines) is 1. The number of halogens is 6. The molecular weight excluding hydrogens is 554 g/mol. The number of fused-ring (bicyclic) bond motifs is 1. The van der Waals surface area contributed by atoms with Crippen LogP contribution < -0.4 is 16.6 Å². The van der Waals surface area contributed by atoms with Crippen LogP contribution in [0.25, 0.3) is 0 Å². The standard InChI is InChI=1S/C27H28F6N6O2/c1-13(25(40)37-21-12-39-20(2-3-22(39)36-21)14-6-16(28)9-17(29)7-14)38-5-4-27(32,33)19(11-38)15-8-18(23(34)24(30)31)26(41)35-10-15/h6-10,12-13,19-20,23-24H,2-5,11,34H2,1H3,(H,35,41)(H,37,40)/t13-,19+,20+,23+/m0/s1. The van der Waals surface area contributed by atoms with Crippen LogP contribution in [0.1, 0.15) is 60.3 Å². The maximum Gasteiger partial charge on any atom is 0.257 e. The van der Waals surface area contributed by atoms with Gasteiger partial charge in [-0.1, -0.05) is 0 Å². The summed E-state index contributed by atoms with van der Waals surface area (Å²) in [6.07, 6.45) is 0.0658. The number of alkyl halides is 4. The van der Waals surface area contributed by atoms with E-state index >= 15 is 0 Å². The van der Waals surface area contributed by atoms with Gasteiger partial charge >= 0.3 is 0 Å². The summed E-state index contributed by atoms with van der Waals surface area (Å²) in [6.45, 7) is 1.14. The topological polar surface area (TPSA) is 109 Å². The van der Waals surface area contributed by atoms with Crippen molar-refractivity contribution in [3.63, 3.8) is 0 Å². The third kappa shape index (κ3) is 5.75. The highest BCUT2D eigenvalue weighted by Crippen LogP contribution is 2.41. The molecule has 0 spiro atoms. The summed E-state index contributed by atoms with van der Waals surface area (Å²) in [5.74, 6) is -5.79. The smallest absolute Gasteiger partial charge is 0.257 e. The fraction of sp³-hybridized carbons (Fsp3) is 0.444. The van der Waals surface area contributed by atoms with Gasteiger partial charge in [-0.3, -0.25) is 14.5 Å². The second-order valence-corrected chi connectivity index (χ2v) is 10.5. The molecule has 0 saturated carbocycles. The molecule has 0 radical (unpaired) electrons. The third-order valence-electron chi connectivity index (χ3n) is 7.88. The van der Waals surface area contributed by atoms with Gasteiger partial charge in [-0.15, -0.1) is 0 Å². The first kappa shape index (κ1) is 28.9. The van der Waals surface area contributed by atoms with Gasteiger partial charge < -0.3 is 20.6 Å². The van der Waals surface area contributed by atoms with Crippen LogP contribution in [-0.4, -0.2) is 56.8 Å². The number of hydrogen-bond acceptors (Lipinski definition) is 5. The molecule has 1 saturated heterocycles. The summed E-state index contributed by atoms with van der Waals surface area (Å²) in [4.78, 5) is 33.3. The van der Waals surface area contributed by atoms with Crippen LogP contribution in [0, 0.1) is 11.6 Å². The molecule has 5 rings (SSSR count). The van der Waals surface area contributed by atoms with Crippen molar-refractivity contribution in [1.82, 2.24) is 19.4 Å². The Morgan fingerprint density at radius 3 is 2.56 bits per heavy atom. The lowest BCUT2D eigenvalue weighted by Gasteiger charge is -2.40. The van der Waals surface area contributed by atoms with E-state index in [1.807, 2.05) is 0 Å². The van der Waals surface area contributed by atoms with Gasteiger partial charge in [-0.2, -0.15) is 0 Å². The van der Waals surface area contributed by atoms with Crippen molar-refractivity contribution in [2.24, 2.45) is 5.73 Å². The summed E-state index contributed by atoms with van der Waals surface area (Å²) < 4.78 is 85.5. The molecule has 4 heterocycles. The van der Waals surface area contributed by atoms with Gasteiger partial charge in [0.2, 0.25) is 5.91 Å². The van der Waals surface area contributed by atoms with Crippen LogP contribution >= 0.6 is 0 Å². The Balaban J connectivity index is 1.30. The summed E-state index contributed by atoms with van der Waals surface area (Å²) >= 11 is 0. The zero-order valence-corrected chi connectivity index (χ0v) is 21.9. The van der Waals surface area contributed by atoms with E-state index in [4.69, 9.17) is 5.73 Å². The molecule has 2 aliphatic heterocycles. The van der Waals surface area contributed by atoms with Gasteiger partial charge in [0.05, 0.1) is 24.0 Å². The number of H-pyrrole nitrogens is 1. The van der Waals surface area contributed by atoms with E-state index in [9.17, 15) is 35.9 Å². The number of carbonyl (C=O) groups excluding carboxylic acids is 1. The van der Waals surface area contributed by atoms with Crippen molar-refractivity contribution in [3.05, 3.63) is 81.2 Å². The normalized spacial score (nSPS) is 22.0. The van der Waals surface area contributed by atoms with Gasteiger partial charge in [-0.05, 0) is 42.7 Å². The maximum atomic E-state index is 15.0. The summed E-state index contributed by atoms with van der Waals surface area (Å²) in [5, 5.41) is 2.69. The SMILES string of the molecule is C[C@@H](C(=O)Nc1cn2c(n1)CC[C@@H]2c1cc(F)cc(F)c1)N1CCC(F)(F)[C@@H](c2c[nH]c(=O)c([C@@H](N)C(F)F)c2)C1. The molecule has 0 aliphatic carbocycles. The fourth-order valence-electron chi connectivity index (χ4n) is 5.57. The summed E-state index contributed by atoms with van der Waals surface area (Å²) in [5.41, 5.74) is 4.40. The maximum absolute atomic E-state index is 15.0. The Bertz CT molecular complexity index is 1490. The first-order valence-electron chi connectivity index (χ1n) is 13.1. The minimum absolute atomic E-state index is 0.0663. The number of nitrogens with one attached hydrogen (secondary N) is 2. The molecule has 8 nitrogen and oxygen atoms in total. The Morgan fingerprint density at radius 1 is 1.17 bits per heavy atom. The Morgan fingerprint density at radius 2 is 1.88 bits per heavy atom. The van der Waals surface area contributed by atoms with Crippen LogP contribution in [0.2, 0.25) is 0 Å². The molecule has 2 aromatic heterocycles. The van der Waals surface area contributed by atoms with E-state index in [0.717, 1.165) is 18.3 Å². The molecule has 0 unspecified atom stereocenters. The van der Waals surface area contributed by atoms with Crippen molar-refractivity contribution in [2.45, 2.75) is 62.6 Å². The van der Waals surface area contributed by atoms with E-state index in [-0.39, 0.29) is 30.5 Å². The van der Waals surface area contributed by atoms with Crippen molar-refractivity contribution in [1.29, 1.82) is 0 Å². The summed E-state index contributed by atoms with van der Waals surface area (Å²) in [6, 6.07) is 1.09. The minimum atomic E-state index is -3.23. The van der Waals surface area contributed by atoms with Crippen LogP contribution in [0.3, 0.4) is 0 Å². The van der Waals surface area contributed by atoms with Gasteiger partial charge in [0, 0.05) is 50.0 Å². The lowest BCUT2D eigenvalue weighted by atomic mass is 9.86. The summed E-state index contributed by atoms with van der Waals surface area (Å²) in [7, 11) is 0. The van der Waals surface area contributed by atoms with E-state index in [2.05, 4.69) is 15.3 Å². The number of piperidine rings is 1. The monoisotopic (exact) mass is 582 g/mol. The van der Waals surface area contributed by atoms with Crippen molar-refractivity contribution in [3.8, 4) is 0 Å². The highest BCUT2D eigenvalue weighted by Gasteiger charge is 2.47. The second kappa shape index (κ2) is 11.0. The molecule has 220 valence electrons. The van der Waals surface area contributed by atoms with E-state index in [1.54, 1.807) is 17.7 Å². The molecule has 1 amide bonds. The predicted molar refractivity (Wildman–Crippen MR) is 137 cm³/mol. The number of aryl methyl sites for hydroxylation is 1. The van der Waals surface area contributed by atoms with E-state index < -0.39 is 65.4 Å². The molecule has 2 aliphatic rings. The third-order valence-corrected chi connectivity index (χ3v) is 7.88. The van der Waals surface area contributed by atoms with Crippen molar-refractivity contribution < 1.29 is 31.1 Å². The zero-order chi connectivity index (χ0) is 29.6. The predicted octanol–water partition coefficient (Wildman–Crippen LogP) is 4.10. The number of imidazole rings is 1. The molecule has 41 heavy (non-hydrogen) atoms. The minimum Gasteiger partial charge on any atom is -0.329 e. The molecule has 14 heteroatoms. The van der Waals surface area contributed by atoms with Crippen LogP contribution in [0.5, 0.6) is 0 Å². The highest BCUT2D eigenvalue weighted by atomic mass is 19.3. The molecular formula is C27H28F6N6O2. The van der Waals surface area contributed by atoms with Crippen molar-refractivity contribution >= 4 is 11.7 Å². The van der Waals surface area contributed by atoms with Gasteiger partial charge in [-0.25, -0.2) is 31.3 Å². The van der Waals surface area contributed by atoms with Crippen LogP contribution in [0.4, 0.5) is 32.2 Å². The van der Waals surface area contributed by atoms with Crippen LogP contribution in [0.15, 0.2) is 41.5 Å². The first-order valence-corrected chi connectivity index (χ1v) is 13.1. The number of aromatic nitrogens is 3. The number of nitrogens with two attached hydrogens (primary N) is 1. The number of rotatable bonds is 7. The van der Waals surface area contributed by atoms with Gasteiger partial charge in [0.25, 0.3) is 17.9 Å². The fourth-order valence-corrected chi connectivity index (χ4v) is 5.57. The molecule has 1 aromatic carbocycles. The Labute approximate surface area is 230 Å². The van der Waals surface area contributed by atoms with Crippen LogP contribution in [-0.2, 0) is 11.2 Å². The largest absolute Gasteiger partial charge is 0.329 e. The average molecular weight is 583 g/mol. The Hall–Kier alpha value is -3.65. The lowest BCUT2D eigenvalue weighted by Crippen LogP contribution is -2.52. The molecule has 0 bridgehead atoms. The number of carbonyl (C=O) groups is 1. The van der Waals surface area contributed by atoms with Gasteiger partial charge in [0.1, 0.15) is 17.5 Å². The molecule has 1 fully saturated rings. The number of benzene rings is 1. The lowest BCUT2D eigenvalue weighted by molar-refractivity contribution is -0.125. The average Bonchev–Trinajstić information content (AvgIpc) is 3.48. The zero-order valence-electron chi connectivity index (χ0n) is 21.9. The number of nitrogens with zero attached hydrogens (tertiary/aromatic N) is 3. The first-order chi connectivity index (χ1) is 19.3. The molecule has 4 N–H and O–H groups in total. The Kier molecular flexibility index (Phi) is 7.72. The number of amides is 1. The number of pyridine rings is 1.